The molecular formula is C13H10F4N2OS. The van der Waals surface area contributed by atoms with E-state index in [1.807, 2.05) is 0 Å². The van der Waals surface area contributed by atoms with Crippen LogP contribution >= 0.6 is 11.3 Å². The Hall–Kier alpha value is -2.09. The molecule has 0 aliphatic heterocycles. The van der Waals surface area contributed by atoms with E-state index >= 15 is 0 Å². The van der Waals surface area contributed by atoms with Gasteiger partial charge in [0.2, 0.25) is 5.91 Å². The van der Waals surface area contributed by atoms with Crippen molar-refractivity contribution in [2.75, 3.05) is 5.32 Å². The Morgan fingerprint density at radius 2 is 2.00 bits per heavy atom. The van der Waals surface area contributed by atoms with Crippen molar-refractivity contribution < 1.29 is 22.4 Å². The second-order valence-corrected chi connectivity index (χ2v) is 5.21. The van der Waals surface area contributed by atoms with E-state index < -0.39 is 23.5 Å². The molecule has 1 aromatic heterocycles. The van der Waals surface area contributed by atoms with Gasteiger partial charge in [0.15, 0.2) is 0 Å². The summed E-state index contributed by atoms with van der Waals surface area (Å²) in [5, 5.41) is 4.31. The predicted octanol–water partition coefficient (Wildman–Crippen LogP) is 3.62. The fourth-order valence-electron chi connectivity index (χ4n) is 1.64. The third-order valence-electron chi connectivity index (χ3n) is 2.68. The summed E-state index contributed by atoms with van der Waals surface area (Å²) in [5.41, 5.74) is 4.25. The number of thiophene rings is 1. The average Bonchev–Trinajstić information content (AvgIpc) is 2.85. The zero-order valence-electron chi connectivity index (χ0n) is 10.5. The normalized spacial score (nSPS) is 11.4. The minimum atomic E-state index is -4.75. The standard InChI is InChI=1S/C13H10F4N2OS/c14-11-2-1-8(4-10(11)13(15,16)17)19-5-9-3-7(6-21-9)12(18)20/h1-4,6,19H,5H2,(H2,18,20). The first-order valence-corrected chi connectivity index (χ1v) is 6.63. The highest BCUT2D eigenvalue weighted by molar-refractivity contribution is 7.10. The predicted molar refractivity (Wildman–Crippen MR) is 71.6 cm³/mol. The van der Waals surface area contributed by atoms with Crippen molar-refractivity contribution in [1.29, 1.82) is 0 Å². The van der Waals surface area contributed by atoms with Gasteiger partial charge in [-0.1, -0.05) is 0 Å². The smallest absolute Gasteiger partial charge is 0.380 e. The molecule has 1 amide bonds. The fraction of sp³-hybridized carbons (Fsp3) is 0.154. The summed E-state index contributed by atoms with van der Waals surface area (Å²) in [6.07, 6.45) is -4.75. The summed E-state index contributed by atoms with van der Waals surface area (Å²) >= 11 is 1.25. The summed E-state index contributed by atoms with van der Waals surface area (Å²) in [5.74, 6) is -1.89. The molecule has 0 spiro atoms. The van der Waals surface area contributed by atoms with Gasteiger partial charge in [-0.2, -0.15) is 13.2 Å². The first-order valence-electron chi connectivity index (χ1n) is 5.75. The van der Waals surface area contributed by atoms with Crippen LogP contribution in [-0.4, -0.2) is 5.91 Å². The highest BCUT2D eigenvalue weighted by Crippen LogP contribution is 2.33. The average molecular weight is 318 g/mol. The number of halogens is 4. The number of primary amides is 1. The van der Waals surface area contributed by atoms with Crippen molar-refractivity contribution in [3.8, 4) is 0 Å². The van der Waals surface area contributed by atoms with Gasteiger partial charge in [0, 0.05) is 22.5 Å². The molecule has 3 nitrogen and oxygen atoms in total. The molecule has 0 atom stereocenters. The second-order valence-electron chi connectivity index (χ2n) is 4.21. The molecular weight excluding hydrogens is 308 g/mol. The van der Waals surface area contributed by atoms with E-state index in [0.717, 1.165) is 10.9 Å². The molecule has 0 fully saturated rings. The summed E-state index contributed by atoms with van der Waals surface area (Å²) in [7, 11) is 0. The molecule has 3 N–H and O–H groups in total. The summed E-state index contributed by atoms with van der Waals surface area (Å²) < 4.78 is 50.8. The molecule has 2 aromatic rings. The number of hydrogen-bond donors (Lipinski definition) is 2. The minimum Gasteiger partial charge on any atom is -0.380 e. The van der Waals surface area contributed by atoms with Crippen LogP contribution in [0.4, 0.5) is 23.2 Å². The highest BCUT2D eigenvalue weighted by Gasteiger charge is 2.34. The van der Waals surface area contributed by atoms with Crippen LogP contribution in [-0.2, 0) is 12.7 Å². The Morgan fingerprint density at radius 3 is 2.57 bits per heavy atom. The van der Waals surface area contributed by atoms with Crippen LogP contribution in [0.15, 0.2) is 29.6 Å². The number of rotatable bonds is 4. The highest BCUT2D eigenvalue weighted by atomic mass is 32.1. The maximum absolute atomic E-state index is 13.1. The fourth-order valence-corrected chi connectivity index (χ4v) is 2.46. The van der Waals surface area contributed by atoms with E-state index in [0.29, 0.717) is 11.6 Å². The molecule has 0 saturated carbocycles. The molecule has 0 saturated heterocycles. The topological polar surface area (TPSA) is 55.1 Å². The van der Waals surface area contributed by atoms with Gasteiger partial charge in [0.1, 0.15) is 5.82 Å². The Labute approximate surface area is 121 Å². The first-order chi connectivity index (χ1) is 9.77. The lowest BCUT2D eigenvalue weighted by Crippen LogP contribution is -2.10. The number of anilines is 1. The molecule has 8 heteroatoms. The Bertz CT molecular complexity index is 666. The number of nitrogens with two attached hydrogens (primary N) is 1. The molecule has 0 aliphatic carbocycles. The van der Waals surface area contributed by atoms with E-state index in [9.17, 15) is 22.4 Å². The molecule has 1 aromatic carbocycles. The third-order valence-corrected chi connectivity index (χ3v) is 3.61. The monoisotopic (exact) mass is 318 g/mol. The zero-order chi connectivity index (χ0) is 15.6. The number of amides is 1. The van der Waals surface area contributed by atoms with Gasteiger partial charge >= 0.3 is 6.18 Å². The van der Waals surface area contributed by atoms with Crippen LogP contribution in [0.25, 0.3) is 0 Å². The summed E-state index contributed by atoms with van der Waals surface area (Å²) in [6, 6.07) is 4.23. The summed E-state index contributed by atoms with van der Waals surface area (Å²) in [6.45, 7) is 0.209. The second kappa shape index (κ2) is 5.72. The van der Waals surface area contributed by atoms with Crippen LogP contribution in [0.1, 0.15) is 20.8 Å². The molecule has 0 unspecified atom stereocenters. The van der Waals surface area contributed by atoms with Gasteiger partial charge in [0.25, 0.3) is 0 Å². The largest absolute Gasteiger partial charge is 0.419 e. The number of alkyl halides is 3. The molecule has 0 aliphatic rings. The number of benzene rings is 1. The van der Waals surface area contributed by atoms with E-state index in [2.05, 4.69) is 5.32 Å². The van der Waals surface area contributed by atoms with E-state index in [1.165, 1.54) is 17.4 Å². The van der Waals surface area contributed by atoms with Crippen LogP contribution < -0.4 is 11.1 Å². The lowest BCUT2D eigenvalue weighted by atomic mass is 10.2. The van der Waals surface area contributed by atoms with Gasteiger partial charge < -0.3 is 11.1 Å². The van der Waals surface area contributed by atoms with E-state index in [4.69, 9.17) is 5.73 Å². The van der Waals surface area contributed by atoms with Crippen molar-refractivity contribution in [2.45, 2.75) is 12.7 Å². The zero-order valence-corrected chi connectivity index (χ0v) is 11.3. The first kappa shape index (κ1) is 15.3. The molecule has 112 valence electrons. The van der Waals surface area contributed by atoms with Gasteiger partial charge in [-0.25, -0.2) is 4.39 Å². The number of carbonyl (C=O) groups excluding carboxylic acids is 1. The Balaban J connectivity index is 2.11. The number of nitrogens with one attached hydrogen (secondary N) is 1. The molecule has 0 bridgehead atoms. The van der Waals surface area contributed by atoms with Gasteiger partial charge in [-0.05, 0) is 24.3 Å². The maximum atomic E-state index is 13.1. The van der Waals surface area contributed by atoms with Gasteiger partial charge in [-0.3, -0.25) is 4.79 Å². The van der Waals surface area contributed by atoms with E-state index in [1.54, 1.807) is 11.4 Å². The van der Waals surface area contributed by atoms with E-state index in [-0.39, 0.29) is 12.2 Å². The summed E-state index contributed by atoms with van der Waals surface area (Å²) in [4.78, 5) is 11.6. The molecule has 2 rings (SSSR count). The lowest BCUT2D eigenvalue weighted by molar-refractivity contribution is -0.139. The quantitative estimate of drug-likeness (QED) is 0.846. The van der Waals surface area contributed by atoms with Crippen LogP contribution in [0, 0.1) is 5.82 Å². The Morgan fingerprint density at radius 1 is 1.29 bits per heavy atom. The van der Waals surface area contributed by atoms with Crippen molar-refractivity contribution in [2.24, 2.45) is 5.73 Å². The van der Waals surface area contributed by atoms with Crippen LogP contribution in [0.2, 0.25) is 0 Å². The molecule has 0 radical (unpaired) electrons. The van der Waals surface area contributed by atoms with Crippen LogP contribution in [0.5, 0.6) is 0 Å². The molecule has 21 heavy (non-hydrogen) atoms. The molecule has 1 heterocycles. The Kier molecular flexibility index (Phi) is 4.17. The SMILES string of the molecule is NC(=O)c1csc(CNc2ccc(F)c(C(F)(F)F)c2)c1. The maximum Gasteiger partial charge on any atom is 0.419 e. The van der Waals surface area contributed by atoms with Crippen LogP contribution in [0.3, 0.4) is 0 Å². The van der Waals surface area contributed by atoms with Crippen molar-refractivity contribution in [1.82, 2.24) is 0 Å². The van der Waals surface area contributed by atoms with Crippen molar-refractivity contribution in [3.63, 3.8) is 0 Å². The lowest BCUT2D eigenvalue weighted by Gasteiger charge is -2.11. The van der Waals surface area contributed by atoms with Crippen molar-refractivity contribution >= 4 is 22.9 Å². The number of carbonyl (C=O) groups is 1. The van der Waals surface area contributed by atoms with Gasteiger partial charge in [-0.15, -0.1) is 11.3 Å². The van der Waals surface area contributed by atoms with Crippen molar-refractivity contribution in [3.05, 3.63) is 51.5 Å². The third kappa shape index (κ3) is 3.72. The number of hydrogen-bond acceptors (Lipinski definition) is 3. The minimum absolute atomic E-state index is 0.137. The van der Waals surface area contributed by atoms with Gasteiger partial charge in [0.05, 0.1) is 11.1 Å².